The second-order valence-corrected chi connectivity index (χ2v) is 9.80. The first-order chi connectivity index (χ1) is 14.3. The van der Waals surface area contributed by atoms with Crippen LogP contribution in [-0.4, -0.2) is 27.5 Å². The molecule has 29 heavy (non-hydrogen) atoms. The van der Waals surface area contributed by atoms with Gasteiger partial charge in [-0.25, -0.2) is 0 Å². The number of hydrogen-bond acceptors (Lipinski definition) is 7. The van der Waals surface area contributed by atoms with Crippen LogP contribution >= 0.6 is 34.0 Å². The Morgan fingerprint density at radius 1 is 1.07 bits per heavy atom. The number of hydrogen-bond donors (Lipinski definition) is 1. The lowest BCUT2D eigenvalue weighted by Crippen LogP contribution is -2.34. The molecule has 0 fully saturated rings. The van der Waals surface area contributed by atoms with Crippen LogP contribution in [0.2, 0.25) is 0 Å². The monoisotopic (exact) mass is 438 g/mol. The summed E-state index contributed by atoms with van der Waals surface area (Å²) in [6.45, 7) is 1.66. The van der Waals surface area contributed by atoms with Crippen LogP contribution in [0.15, 0.2) is 59.3 Å². The Labute approximate surface area is 180 Å². The minimum absolute atomic E-state index is 0.214. The minimum Gasteiger partial charge on any atom is -0.320 e. The molecule has 0 spiro atoms. The highest BCUT2D eigenvalue weighted by Crippen LogP contribution is 2.40. The molecule has 8 heteroatoms. The molecular formula is C21H18N4OS3. The van der Waals surface area contributed by atoms with Crippen molar-refractivity contribution >= 4 is 45.6 Å². The summed E-state index contributed by atoms with van der Waals surface area (Å²) in [5.74, 6) is -0.214. The van der Waals surface area contributed by atoms with E-state index in [-0.39, 0.29) is 11.9 Å². The molecule has 5 rings (SSSR count). The SMILES string of the molecule is O=C(Nc1ccccc1)c1nnc(CN2CCc3sccc3C2c2cccs2)s1. The van der Waals surface area contributed by atoms with Gasteiger partial charge >= 0.3 is 0 Å². The van der Waals surface area contributed by atoms with Crippen LogP contribution in [0, 0.1) is 0 Å². The number of anilines is 1. The third kappa shape index (κ3) is 3.89. The van der Waals surface area contributed by atoms with Crippen molar-refractivity contribution in [3.8, 4) is 0 Å². The molecule has 1 unspecified atom stereocenters. The van der Waals surface area contributed by atoms with Gasteiger partial charge < -0.3 is 5.32 Å². The van der Waals surface area contributed by atoms with Gasteiger partial charge in [0.05, 0.1) is 12.6 Å². The fourth-order valence-electron chi connectivity index (χ4n) is 3.61. The van der Waals surface area contributed by atoms with Gasteiger partial charge in [-0.1, -0.05) is 35.6 Å². The molecule has 1 atom stereocenters. The first kappa shape index (κ1) is 18.6. The standard InChI is InChI=1S/C21H18N4OS3/c26-20(22-14-5-2-1-3-6-14)21-24-23-18(29-21)13-25-10-8-16-15(9-12-28-16)19(25)17-7-4-11-27-17/h1-7,9,11-12,19H,8,10,13H2,(H,22,26). The van der Waals surface area contributed by atoms with E-state index >= 15 is 0 Å². The lowest BCUT2D eigenvalue weighted by atomic mass is 9.98. The van der Waals surface area contributed by atoms with Crippen LogP contribution in [0.4, 0.5) is 5.69 Å². The van der Waals surface area contributed by atoms with E-state index in [0.29, 0.717) is 11.6 Å². The molecule has 1 amide bonds. The van der Waals surface area contributed by atoms with Crippen LogP contribution in [-0.2, 0) is 13.0 Å². The molecule has 5 nitrogen and oxygen atoms in total. The summed E-state index contributed by atoms with van der Waals surface area (Å²) in [6, 6.07) is 16.2. The summed E-state index contributed by atoms with van der Waals surface area (Å²) in [6.07, 6.45) is 1.05. The number of rotatable bonds is 5. The van der Waals surface area contributed by atoms with Gasteiger partial charge in [-0.2, -0.15) is 0 Å². The average Bonchev–Trinajstić information content (AvgIpc) is 3.50. The predicted molar refractivity (Wildman–Crippen MR) is 119 cm³/mol. The van der Waals surface area contributed by atoms with Crippen molar-refractivity contribution in [1.29, 1.82) is 0 Å². The molecule has 0 saturated heterocycles. The molecule has 1 aliphatic heterocycles. The summed E-state index contributed by atoms with van der Waals surface area (Å²) in [7, 11) is 0. The van der Waals surface area contributed by atoms with Crippen molar-refractivity contribution in [2.24, 2.45) is 0 Å². The lowest BCUT2D eigenvalue weighted by Gasteiger charge is -2.34. The maximum Gasteiger partial charge on any atom is 0.286 e. The van der Waals surface area contributed by atoms with Gasteiger partial charge in [-0.15, -0.1) is 32.9 Å². The van der Waals surface area contributed by atoms with Gasteiger partial charge in [0.1, 0.15) is 5.01 Å². The molecule has 0 aliphatic carbocycles. The summed E-state index contributed by atoms with van der Waals surface area (Å²) in [5.41, 5.74) is 2.16. The fraction of sp³-hybridized carbons (Fsp3) is 0.190. The van der Waals surface area contributed by atoms with Gasteiger partial charge in [0, 0.05) is 22.0 Å². The van der Waals surface area contributed by atoms with E-state index in [1.807, 2.05) is 41.7 Å². The fourth-order valence-corrected chi connectivity index (χ4v) is 6.15. The minimum atomic E-state index is -0.214. The van der Waals surface area contributed by atoms with Gasteiger partial charge in [-0.05, 0) is 47.0 Å². The highest BCUT2D eigenvalue weighted by atomic mass is 32.1. The third-order valence-electron chi connectivity index (χ3n) is 4.91. The molecule has 1 aliphatic rings. The van der Waals surface area contributed by atoms with Gasteiger partial charge in [0.2, 0.25) is 5.01 Å². The number of aromatic nitrogens is 2. The quantitative estimate of drug-likeness (QED) is 0.473. The number of fused-ring (bicyclic) bond motifs is 1. The van der Waals surface area contributed by atoms with E-state index in [4.69, 9.17) is 0 Å². The van der Waals surface area contributed by atoms with Crippen molar-refractivity contribution in [3.63, 3.8) is 0 Å². The summed E-state index contributed by atoms with van der Waals surface area (Å²) in [5, 5.41) is 16.9. The smallest absolute Gasteiger partial charge is 0.286 e. The van der Waals surface area contributed by atoms with E-state index in [1.165, 1.54) is 26.7 Å². The number of nitrogens with one attached hydrogen (secondary N) is 1. The predicted octanol–water partition coefficient (Wildman–Crippen LogP) is 5.06. The summed E-state index contributed by atoms with van der Waals surface area (Å²) in [4.78, 5) is 17.7. The zero-order valence-electron chi connectivity index (χ0n) is 15.4. The maximum atomic E-state index is 12.5. The zero-order chi connectivity index (χ0) is 19.6. The lowest BCUT2D eigenvalue weighted by molar-refractivity contribution is 0.102. The summed E-state index contributed by atoms with van der Waals surface area (Å²) >= 11 is 5.00. The van der Waals surface area contributed by atoms with Crippen molar-refractivity contribution in [3.05, 3.63) is 84.6 Å². The molecule has 0 saturated carbocycles. The number of carbonyl (C=O) groups excluding carboxylic acids is 1. The molecule has 146 valence electrons. The van der Waals surface area contributed by atoms with E-state index in [1.54, 1.807) is 11.3 Å². The molecule has 0 bridgehead atoms. The van der Waals surface area contributed by atoms with Crippen molar-refractivity contribution in [1.82, 2.24) is 15.1 Å². The van der Waals surface area contributed by atoms with Gasteiger partial charge in [0.25, 0.3) is 5.91 Å². The number of thiophene rings is 2. The Bertz CT molecular complexity index is 1100. The Hall–Kier alpha value is -2.39. The van der Waals surface area contributed by atoms with E-state index in [2.05, 4.69) is 49.4 Å². The third-order valence-corrected chi connectivity index (χ3v) is 7.74. The second kappa shape index (κ2) is 8.16. The van der Waals surface area contributed by atoms with E-state index in [9.17, 15) is 4.79 Å². The largest absolute Gasteiger partial charge is 0.320 e. The average molecular weight is 439 g/mol. The van der Waals surface area contributed by atoms with E-state index in [0.717, 1.165) is 23.7 Å². The highest BCUT2D eigenvalue weighted by molar-refractivity contribution is 7.13. The van der Waals surface area contributed by atoms with Crippen LogP contribution < -0.4 is 5.32 Å². The second-order valence-electron chi connectivity index (χ2n) is 6.76. The molecule has 0 radical (unpaired) electrons. The first-order valence-corrected chi connectivity index (χ1v) is 11.9. The number of nitrogens with zero attached hydrogens (tertiary/aromatic N) is 3. The Morgan fingerprint density at radius 3 is 2.79 bits per heavy atom. The number of amides is 1. The van der Waals surface area contributed by atoms with Gasteiger partial charge in [0.15, 0.2) is 0 Å². The van der Waals surface area contributed by atoms with Crippen molar-refractivity contribution in [2.75, 3.05) is 11.9 Å². The molecule has 1 aromatic carbocycles. The Morgan fingerprint density at radius 2 is 1.97 bits per heavy atom. The van der Waals surface area contributed by atoms with Crippen LogP contribution in [0.25, 0.3) is 0 Å². The molecular weight excluding hydrogens is 420 g/mol. The highest BCUT2D eigenvalue weighted by Gasteiger charge is 2.31. The molecule has 1 N–H and O–H groups in total. The number of carbonyl (C=O) groups is 1. The van der Waals surface area contributed by atoms with Crippen LogP contribution in [0.3, 0.4) is 0 Å². The molecule has 3 aromatic heterocycles. The topological polar surface area (TPSA) is 58.1 Å². The van der Waals surface area contributed by atoms with Crippen molar-refractivity contribution < 1.29 is 4.79 Å². The number of benzene rings is 1. The Balaban J connectivity index is 1.34. The normalized spacial score (nSPS) is 16.5. The zero-order valence-corrected chi connectivity index (χ0v) is 17.9. The Kier molecular flexibility index (Phi) is 5.24. The summed E-state index contributed by atoms with van der Waals surface area (Å²) < 4.78 is 0. The molecule has 4 aromatic rings. The van der Waals surface area contributed by atoms with Crippen LogP contribution in [0.5, 0.6) is 0 Å². The maximum absolute atomic E-state index is 12.5. The van der Waals surface area contributed by atoms with Crippen LogP contribution in [0.1, 0.15) is 36.2 Å². The molecule has 4 heterocycles. The van der Waals surface area contributed by atoms with Crippen molar-refractivity contribution in [2.45, 2.75) is 19.0 Å². The first-order valence-electron chi connectivity index (χ1n) is 9.30. The van der Waals surface area contributed by atoms with Gasteiger partial charge in [-0.3, -0.25) is 9.69 Å². The number of para-hydroxylation sites is 1. The van der Waals surface area contributed by atoms with E-state index < -0.39 is 0 Å².